The Bertz CT molecular complexity index is 412. The Balaban J connectivity index is 2.95. The molecule has 0 spiro atoms. The molecule has 102 valence electrons. The summed E-state index contributed by atoms with van der Waals surface area (Å²) >= 11 is 0. The van der Waals surface area contributed by atoms with Gasteiger partial charge in [0.25, 0.3) is 0 Å². The van der Waals surface area contributed by atoms with Crippen LogP contribution in [0.5, 0.6) is 0 Å². The van der Waals surface area contributed by atoms with E-state index in [9.17, 15) is 9.90 Å². The Morgan fingerprint density at radius 2 is 2.06 bits per heavy atom. The van der Waals surface area contributed by atoms with Crippen molar-refractivity contribution in [2.24, 2.45) is 17.3 Å². The molecule has 1 rings (SSSR count). The maximum Gasteiger partial charge on any atom is 0.310 e. The predicted octanol–water partition coefficient (Wildman–Crippen LogP) is 2.22. The highest BCUT2D eigenvalue weighted by Gasteiger charge is 2.38. The minimum absolute atomic E-state index is 0.0409. The van der Waals surface area contributed by atoms with E-state index in [1.807, 2.05) is 18.5 Å². The molecule has 0 fully saturated rings. The molecule has 5 heteroatoms. The lowest BCUT2D eigenvalue weighted by Gasteiger charge is -2.28. The highest BCUT2D eigenvalue weighted by Crippen LogP contribution is 2.31. The quantitative estimate of drug-likeness (QED) is 0.844. The van der Waals surface area contributed by atoms with Gasteiger partial charge in [0.1, 0.15) is 12.2 Å². The summed E-state index contributed by atoms with van der Waals surface area (Å²) in [5.41, 5.74) is -0.804. The van der Waals surface area contributed by atoms with Gasteiger partial charge in [-0.15, -0.1) is 0 Å². The largest absolute Gasteiger partial charge is 0.481 e. The molecule has 1 heterocycles. The van der Waals surface area contributed by atoms with Crippen LogP contribution in [-0.2, 0) is 17.8 Å². The van der Waals surface area contributed by atoms with Crippen molar-refractivity contribution < 1.29 is 9.90 Å². The second-order valence-corrected chi connectivity index (χ2v) is 5.81. The topological polar surface area (TPSA) is 68.0 Å². The van der Waals surface area contributed by atoms with E-state index in [1.54, 1.807) is 6.92 Å². The molecule has 0 aliphatic heterocycles. The molecule has 0 radical (unpaired) electrons. The number of carbonyl (C=O) groups is 1. The molecule has 1 N–H and O–H groups in total. The third-order valence-corrected chi connectivity index (χ3v) is 3.52. The van der Waals surface area contributed by atoms with Gasteiger partial charge in [0.2, 0.25) is 0 Å². The van der Waals surface area contributed by atoms with Crippen molar-refractivity contribution in [3.8, 4) is 0 Å². The van der Waals surface area contributed by atoms with E-state index in [4.69, 9.17) is 0 Å². The summed E-state index contributed by atoms with van der Waals surface area (Å²) in [6.45, 7) is 10.6. The van der Waals surface area contributed by atoms with E-state index in [1.165, 1.54) is 6.33 Å². The van der Waals surface area contributed by atoms with E-state index in [0.717, 1.165) is 12.4 Å². The van der Waals surface area contributed by atoms with Crippen LogP contribution >= 0.6 is 0 Å². The van der Waals surface area contributed by atoms with Gasteiger partial charge in [-0.3, -0.25) is 4.79 Å². The molecule has 1 aromatic rings. The van der Waals surface area contributed by atoms with Gasteiger partial charge in [0, 0.05) is 13.0 Å². The maximum absolute atomic E-state index is 11.5. The van der Waals surface area contributed by atoms with Crippen LogP contribution in [-0.4, -0.2) is 25.8 Å². The number of aliphatic carboxylic acids is 1. The first-order chi connectivity index (χ1) is 8.27. The van der Waals surface area contributed by atoms with Gasteiger partial charge in [-0.2, -0.15) is 5.10 Å². The first kappa shape index (κ1) is 14.7. The second kappa shape index (κ2) is 5.50. The number of carboxylic acid groups (broad SMARTS) is 1. The van der Waals surface area contributed by atoms with E-state index in [2.05, 4.69) is 23.9 Å². The lowest BCUT2D eigenvalue weighted by Crippen LogP contribution is -2.36. The van der Waals surface area contributed by atoms with Gasteiger partial charge in [-0.05, 0) is 18.8 Å². The summed E-state index contributed by atoms with van der Waals surface area (Å²) in [7, 11) is 0. The van der Waals surface area contributed by atoms with Crippen molar-refractivity contribution in [1.29, 1.82) is 0 Å². The second-order valence-electron chi connectivity index (χ2n) is 5.81. The minimum Gasteiger partial charge on any atom is -0.481 e. The van der Waals surface area contributed by atoms with E-state index in [0.29, 0.717) is 12.3 Å². The van der Waals surface area contributed by atoms with Crippen LogP contribution in [0.4, 0.5) is 0 Å². The number of nitrogens with zero attached hydrogens (tertiary/aromatic N) is 3. The highest BCUT2D eigenvalue weighted by atomic mass is 16.4. The van der Waals surface area contributed by atoms with E-state index < -0.39 is 11.4 Å². The Hall–Kier alpha value is -1.39. The SMILES string of the molecule is CC(C)Cn1ncnc1CC(C)(C(=O)O)C(C)C. The minimum atomic E-state index is -0.804. The van der Waals surface area contributed by atoms with Crippen molar-refractivity contribution in [2.75, 3.05) is 0 Å². The predicted molar refractivity (Wildman–Crippen MR) is 69.1 cm³/mol. The van der Waals surface area contributed by atoms with Gasteiger partial charge >= 0.3 is 5.97 Å². The van der Waals surface area contributed by atoms with Crippen LogP contribution in [0.25, 0.3) is 0 Å². The number of aromatic nitrogens is 3. The summed E-state index contributed by atoms with van der Waals surface area (Å²) in [6, 6.07) is 0. The Labute approximate surface area is 108 Å². The van der Waals surface area contributed by atoms with Crippen molar-refractivity contribution in [3.05, 3.63) is 12.2 Å². The van der Waals surface area contributed by atoms with Crippen molar-refractivity contribution in [1.82, 2.24) is 14.8 Å². The van der Waals surface area contributed by atoms with Crippen LogP contribution in [0.15, 0.2) is 6.33 Å². The molecule has 1 aromatic heterocycles. The molecule has 0 aromatic carbocycles. The molecule has 0 saturated carbocycles. The zero-order chi connectivity index (χ0) is 13.9. The van der Waals surface area contributed by atoms with Crippen LogP contribution in [0, 0.1) is 17.3 Å². The molecule has 5 nitrogen and oxygen atoms in total. The van der Waals surface area contributed by atoms with Gasteiger partial charge in [-0.1, -0.05) is 27.7 Å². The fourth-order valence-electron chi connectivity index (χ4n) is 1.78. The normalized spacial score (nSPS) is 15.1. The van der Waals surface area contributed by atoms with Crippen LogP contribution in [0.3, 0.4) is 0 Å². The summed E-state index contributed by atoms with van der Waals surface area (Å²) in [6.07, 6.45) is 1.91. The average Bonchev–Trinajstić information content (AvgIpc) is 2.63. The molecule has 0 bridgehead atoms. The Kier molecular flexibility index (Phi) is 4.48. The molecule has 0 aliphatic rings. The number of rotatable bonds is 6. The first-order valence-corrected chi connectivity index (χ1v) is 6.37. The number of carboxylic acids is 1. The molecular formula is C13H23N3O2. The van der Waals surface area contributed by atoms with Gasteiger partial charge in [0.15, 0.2) is 0 Å². The van der Waals surface area contributed by atoms with Crippen LogP contribution < -0.4 is 0 Å². The third kappa shape index (κ3) is 3.09. The molecule has 18 heavy (non-hydrogen) atoms. The van der Waals surface area contributed by atoms with Crippen LogP contribution in [0.2, 0.25) is 0 Å². The Morgan fingerprint density at radius 3 is 2.50 bits per heavy atom. The van der Waals surface area contributed by atoms with Crippen molar-refractivity contribution in [2.45, 2.75) is 47.6 Å². The van der Waals surface area contributed by atoms with Gasteiger partial charge in [0.05, 0.1) is 5.41 Å². The summed E-state index contributed by atoms with van der Waals surface area (Å²) < 4.78 is 1.81. The Morgan fingerprint density at radius 1 is 1.44 bits per heavy atom. The van der Waals surface area contributed by atoms with Crippen molar-refractivity contribution >= 4 is 5.97 Å². The summed E-state index contributed by atoms with van der Waals surface area (Å²) in [5.74, 6) is 0.471. The standard InChI is InChI=1S/C13H23N3O2/c1-9(2)7-16-11(14-8-15-16)6-13(5,10(3)4)12(17)18/h8-10H,6-7H2,1-5H3,(H,17,18). The smallest absolute Gasteiger partial charge is 0.310 e. The number of hydrogen-bond acceptors (Lipinski definition) is 3. The fourth-order valence-corrected chi connectivity index (χ4v) is 1.78. The van der Waals surface area contributed by atoms with Crippen LogP contribution in [0.1, 0.15) is 40.4 Å². The maximum atomic E-state index is 11.5. The first-order valence-electron chi connectivity index (χ1n) is 6.37. The number of hydrogen-bond donors (Lipinski definition) is 1. The molecule has 1 atom stereocenters. The zero-order valence-electron chi connectivity index (χ0n) is 11.8. The van der Waals surface area contributed by atoms with Gasteiger partial charge < -0.3 is 5.11 Å². The molecule has 0 saturated heterocycles. The molecule has 0 amide bonds. The highest BCUT2D eigenvalue weighted by molar-refractivity contribution is 5.74. The monoisotopic (exact) mass is 253 g/mol. The van der Waals surface area contributed by atoms with Crippen molar-refractivity contribution in [3.63, 3.8) is 0 Å². The molecule has 1 unspecified atom stereocenters. The van der Waals surface area contributed by atoms with E-state index in [-0.39, 0.29) is 5.92 Å². The van der Waals surface area contributed by atoms with E-state index >= 15 is 0 Å². The lowest BCUT2D eigenvalue weighted by molar-refractivity contribution is -0.150. The summed E-state index contributed by atoms with van der Waals surface area (Å²) in [5, 5.41) is 13.6. The fraction of sp³-hybridized carbons (Fsp3) is 0.769. The summed E-state index contributed by atoms with van der Waals surface area (Å²) in [4.78, 5) is 15.7. The molecule has 0 aliphatic carbocycles. The van der Waals surface area contributed by atoms with Gasteiger partial charge in [-0.25, -0.2) is 9.67 Å². The third-order valence-electron chi connectivity index (χ3n) is 3.52. The molecular weight excluding hydrogens is 230 g/mol. The average molecular weight is 253 g/mol. The lowest BCUT2D eigenvalue weighted by atomic mass is 9.76. The zero-order valence-corrected chi connectivity index (χ0v) is 11.8.